The molecule has 0 bridgehead atoms. The summed E-state index contributed by atoms with van der Waals surface area (Å²) in [5.74, 6) is -0.528. The highest BCUT2D eigenvalue weighted by Gasteiger charge is 2.46. The highest BCUT2D eigenvalue weighted by atomic mass is 79.9. The van der Waals surface area contributed by atoms with Crippen molar-refractivity contribution in [2.45, 2.75) is 24.3 Å². The summed E-state index contributed by atoms with van der Waals surface area (Å²) in [6.45, 7) is 3.34. The molecular weight excluding hydrogens is 334 g/mol. The molecule has 19 heavy (non-hydrogen) atoms. The summed E-state index contributed by atoms with van der Waals surface area (Å²) in [6.07, 6.45) is 0. The van der Waals surface area contributed by atoms with Crippen molar-refractivity contribution in [2.75, 3.05) is 13.2 Å². The summed E-state index contributed by atoms with van der Waals surface area (Å²) in [5.41, 5.74) is -1.19. The highest BCUT2D eigenvalue weighted by molar-refractivity contribution is 9.10. The van der Waals surface area contributed by atoms with Gasteiger partial charge in [-0.3, -0.25) is 4.79 Å². The largest absolute Gasteiger partial charge is 0.463 e. The lowest BCUT2D eigenvalue weighted by molar-refractivity contribution is -0.160. The number of cyclic esters (lactones) is 1. The van der Waals surface area contributed by atoms with E-state index in [2.05, 4.69) is 15.9 Å². The second-order valence-corrected chi connectivity index (χ2v) is 7.50. The third kappa shape index (κ3) is 2.54. The van der Waals surface area contributed by atoms with Crippen molar-refractivity contribution in [3.05, 3.63) is 28.7 Å². The number of ether oxygens (including phenoxy) is 1. The Morgan fingerprint density at radius 1 is 1.26 bits per heavy atom. The molecule has 0 amide bonds. The van der Waals surface area contributed by atoms with Gasteiger partial charge >= 0.3 is 5.97 Å². The van der Waals surface area contributed by atoms with Crippen LogP contribution < -0.4 is 0 Å². The number of hydrogen-bond donors (Lipinski definition) is 0. The fourth-order valence-electron chi connectivity index (χ4n) is 1.93. The smallest absolute Gasteiger partial charge is 0.327 e. The third-order valence-electron chi connectivity index (χ3n) is 3.05. The predicted octanol–water partition coefficient (Wildman–Crippen LogP) is 1.78. The van der Waals surface area contributed by atoms with E-state index < -0.39 is 21.5 Å². The second kappa shape index (κ2) is 4.88. The Balaban J connectivity index is 2.44. The summed E-state index contributed by atoms with van der Waals surface area (Å²) in [7, 11) is -3.71. The van der Waals surface area contributed by atoms with E-state index in [1.165, 1.54) is 16.4 Å². The van der Waals surface area contributed by atoms with Crippen LogP contribution in [0.15, 0.2) is 33.6 Å². The molecule has 7 heteroatoms. The molecule has 104 valence electrons. The van der Waals surface area contributed by atoms with Crippen LogP contribution in [0.1, 0.15) is 13.8 Å². The van der Waals surface area contributed by atoms with Crippen molar-refractivity contribution >= 4 is 31.9 Å². The number of sulfonamides is 1. The number of benzene rings is 1. The molecule has 1 aromatic carbocycles. The van der Waals surface area contributed by atoms with Gasteiger partial charge in [-0.1, -0.05) is 15.9 Å². The number of hydrogen-bond acceptors (Lipinski definition) is 4. The molecule has 1 aliphatic rings. The fraction of sp³-hybridized carbons (Fsp3) is 0.417. The lowest BCUT2D eigenvalue weighted by Crippen LogP contribution is -2.58. The second-order valence-electron chi connectivity index (χ2n) is 4.73. The van der Waals surface area contributed by atoms with Gasteiger partial charge in [0.2, 0.25) is 10.0 Å². The van der Waals surface area contributed by atoms with E-state index in [1.54, 1.807) is 26.0 Å². The van der Waals surface area contributed by atoms with Gasteiger partial charge in [0, 0.05) is 11.0 Å². The molecule has 2 rings (SSSR count). The average Bonchev–Trinajstić information content (AvgIpc) is 2.33. The van der Waals surface area contributed by atoms with Crippen LogP contribution in [0.4, 0.5) is 0 Å². The Hall–Kier alpha value is -0.920. The minimum Gasteiger partial charge on any atom is -0.463 e. The first-order valence-corrected chi connectivity index (χ1v) is 7.95. The zero-order chi connectivity index (χ0) is 14.3. The lowest BCUT2D eigenvalue weighted by Gasteiger charge is -2.38. The maximum Gasteiger partial charge on any atom is 0.327 e. The van der Waals surface area contributed by atoms with Crippen molar-refractivity contribution in [3.8, 4) is 0 Å². The maximum absolute atomic E-state index is 12.6. The van der Waals surface area contributed by atoms with Gasteiger partial charge in [0.15, 0.2) is 0 Å². The van der Waals surface area contributed by atoms with Crippen molar-refractivity contribution < 1.29 is 17.9 Å². The number of halogens is 1. The van der Waals surface area contributed by atoms with E-state index in [0.29, 0.717) is 0 Å². The summed E-state index contributed by atoms with van der Waals surface area (Å²) < 4.78 is 32.0. The Bertz CT molecular complexity index is 595. The topological polar surface area (TPSA) is 63.7 Å². The van der Waals surface area contributed by atoms with E-state index in [0.717, 1.165) is 4.47 Å². The van der Waals surface area contributed by atoms with Crippen molar-refractivity contribution in [1.29, 1.82) is 0 Å². The molecule has 0 spiro atoms. The van der Waals surface area contributed by atoms with Crippen LogP contribution in [0, 0.1) is 0 Å². The first kappa shape index (κ1) is 14.5. The number of rotatable bonds is 2. The monoisotopic (exact) mass is 347 g/mol. The molecule has 1 aromatic rings. The Kier molecular flexibility index (Phi) is 3.72. The van der Waals surface area contributed by atoms with Gasteiger partial charge < -0.3 is 4.74 Å². The van der Waals surface area contributed by atoms with E-state index in [9.17, 15) is 13.2 Å². The molecule has 0 saturated carbocycles. The summed E-state index contributed by atoms with van der Waals surface area (Å²) >= 11 is 3.26. The molecule has 0 radical (unpaired) electrons. The standard InChI is InChI=1S/C12H14BrNO4S/c1-12(2)11(15)18-8-7-14(12)19(16,17)10-5-3-9(13)4-6-10/h3-6H,7-8H2,1-2H3. The van der Waals surface area contributed by atoms with E-state index in [-0.39, 0.29) is 18.0 Å². The quantitative estimate of drug-likeness (QED) is 0.765. The van der Waals surface area contributed by atoms with E-state index in [4.69, 9.17) is 4.74 Å². The summed E-state index contributed by atoms with van der Waals surface area (Å²) in [6, 6.07) is 6.33. The van der Waals surface area contributed by atoms with Crippen LogP contribution in [-0.4, -0.2) is 37.4 Å². The minimum absolute atomic E-state index is 0.0814. The normalized spacial score (nSPS) is 20.1. The molecule has 0 aromatic heterocycles. The minimum atomic E-state index is -3.71. The van der Waals surface area contributed by atoms with Crippen molar-refractivity contribution in [1.82, 2.24) is 4.31 Å². The zero-order valence-electron chi connectivity index (χ0n) is 10.6. The van der Waals surface area contributed by atoms with E-state index >= 15 is 0 Å². The van der Waals surface area contributed by atoms with Gasteiger partial charge in [-0.15, -0.1) is 0 Å². The Morgan fingerprint density at radius 2 is 1.84 bits per heavy atom. The Labute approximate surface area is 120 Å². The number of carbonyl (C=O) groups is 1. The molecular formula is C12H14BrNO4S. The molecule has 5 nitrogen and oxygen atoms in total. The first-order valence-electron chi connectivity index (χ1n) is 5.72. The van der Waals surface area contributed by atoms with Crippen molar-refractivity contribution in [2.24, 2.45) is 0 Å². The van der Waals surface area contributed by atoms with Crippen LogP contribution in [0.3, 0.4) is 0 Å². The molecule has 1 aliphatic heterocycles. The van der Waals surface area contributed by atoms with Crippen molar-refractivity contribution in [3.63, 3.8) is 0 Å². The summed E-state index contributed by atoms with van der Waals surface area (Å²) in [4.78, 5) is 11.9. The lowest BCUT2D eigenvalue weighted by atomic mass is 10.1. The van der Waals surface area contributed by atoms with Crippen LogP contribution in [0.2, 0.25) is 0 Å². The van der Waals surface area contributed by atoms with Crippen LogP contribution in [-0.2, 0) is 19.6 Å². The maximum atomic E-state index is 12.6. The van der Waals surface area contributed by atoms with Gasteiger partial charge in [0.05, 0.1) is 4.90 Å². The third-order valence-corrected chi connectivity index (χ3v) is 5.67. The summed E-state index contributed by atoms with van der Waals surface area (Å²) in [5, 5.41) is 0. The molecule has 0 aliphatic carbocycles. The molecule has 1 heterocycles. The average molecular weight is 348 g/mol. The van der Waals surface area contributed by atoms with Gasteiger partial charge in [-0.2, -0.15) is 4.31 Å². The number of morpholine rings is 1. The molecule has 0 atom stereocenters. The van der Waals surface area contributed by atoms with Gasteiger partial charge in [-0.25, -0.2) is 8.42 Å². The highest BCUT2D eigenvalue weighted by Crippen LogP contribution is 2.28. The molecule has 0 unspecified atom stereocenters. The van der Waals surface area contributed by atoms with Crippen LogP contribution in [0.5, 0.6) is 0 Å². The fourth-order valence-corrected chi connectivity index (χ4v) is 3.92. The molecule has 0 N–H and O–H groups in total. The van der Waals surface area contributed by atoms with Gasteiger partial charge in [0.25, 0.3) is 0 Å². The molecule has 1 fully saturated rings. The molecule has 1 saturated heterocycles. The van der Waals surface area contributed by atoms with Gasteiger partial charge in [-0.05, 0) is 38.1 Å². The van der Waals surface area contributed by atoms with Gasteiger partial charge in [0.1, 0.15) is 12.1 Å². The van der Waals surface area contributed by atoms with E-state index in [1.807, 2.05) is 0 Å². The number of esters is 1. The number of carbonyl (C=O) groups excluding carboxylic acids is 1. The first-order chi connectivity index (χ1) is 8.76. The Morgan fingerprint density at radius 3 is 2.42 bits per heavy atom. The predicted molar refractivity (Wildman–Crippen MR) is 73.1 cm³/mol. The van der Waals surface area contributed by atoms with Crippen LogP contribution in [0.25, 0.3) is 0 Å². The zero-order valence-corrected chi connectivity index (χ0v) is 13.0. The number of nitrogens with zero attached hydrogens (tertiary/aromatic N) is 1. The van der Waals surface area contributed by atoms with Crippen LogP contribution >= 0.6 is 15.9 Å². The SMILES string of the molecule is CC1(C)C(=O)OCCN1S(=O)(=O)c1ccc(Br)cc1.